The van der Waals surface area contributed by atoms with E-state index in [1.807, 2.05) is 0 Å². The topological polar surface area (TPSA) is 86.6 Å². The molecule has 1 saturated heterocycles. The lowest BCUT2D eigenvalue weighted by atomic mass is 10.2. The normalized spacial score (nSPS) is 20.1. The van der Waals surface area contributed by atoms with Gasteiger partial charge in [0.05, 0.1) is 5.75 Å². The minimum atomic E-state index is -3.27. The molecule has 5 nitrogen and oxygen atoms in total. The van der Waals surface area contributed by atoms with Crippen LogP contribution in [-0.2, 0) is 9.84 Å². The second-order valence-electron chi connectivity index (χ2n) is 4.67. The highest BCUT2D eigenvalue weighted by molar-refractivity contribution is 7.94. The van der Waals surface area contributed by atoms with E-state index in [0.29, 0.717) is 5.56 Å². The van der Waals surface area contributed by atoms with Crippen molar-refractivity contribution in [3.8, 4) is 11.5 Å². The SMILES string of the molecule is O=S(=O)(/C=C/c1ccc(O)c(O)c1)CC1CCCN1. The molecule has 0 saturated carbocycles. The van der Waals surface area contributed by atoms with Gasteiger partial charge in [0.2, 0.25) is 0 Å². The van der Waals surface area contributed by atoms with Crippen LogP contribution in [-0.4, -0.2) is 37.0 Å². The van der Waals surface area contributed by atoms with Gasteiger partial charge in [-0.25, -0.2) is 8.42 Å². The van der Waals surface area contributed by atoms with Crippen LogP contribution in [0.4, 0.5) is 0 Å². The molecule has 3 N–H and O–H groups in total. The lowest BCUT2D eigenvalue weighted by molar-refractivity contribution is 0.403. The highest BCUT2D eigenvalue weighted by atomic mass is 32.2. The molecule has 19 heavy (non-hydrogen) atoms. The zero-order valence-electron chi connectivity index (χ0n) is 10.4. The molecule has 0 amide bonds. The van der Waals surface area contributed by atoms with E-state index in [1.165, 1.54) is 24.3 Å². The third kappa shape index (κ3) is 3.97. The summed E-state index contributed by atoms with van der Waals surface area (Å²) in [7, 11) is -3.27. The molecule has 1 atom stereocenters. The van der Waals surface area contributed by atoms with E-state index in [4.69, 9.17) is 5.11 Å². The summed E-state index contributed by atoms with van der Waals surface area (Å²) >= 11 is 0. The molecular formula is C13H17NO4S. The Bertz CT molecular complexity index is 574. The van der Waals surface area contributed by atoms with E-state index < -0.39 is 9.84 Å². The average Bonchev–Trinajstić information content (AvgIpc) is 2.83. The zero-order chi connectivity index (χ0) is 13.9. The standard InChI is InChI=1S/C13H17NO4S/c15-12-4-3-10(8-13(12)16)5-7-19(17,18)9-11-2-1-6-14-11/h3-5,7-8,11,14-16H,1-2,6,9H2/b7-5+. The van der Waals surface area contributed by atoms with Gasteiger partial charge in [0.25, 0.3) is 0 Å². The number of hydrogen-bond donors (Lipinski definition) is 3. The van der Waals surface area contributed by atoms with E-state index in [-0.39, 0.29) is 23.3 Å². The van der Waals surface area contributed by atoms with E-state index in [9.17, 15) is 13.5 Å². The lowest BCUT2D eigenvalue weighted by Crippen LogP contribution is -2.28. The molecule has 1 fully saturated rings. The van der Waals surface area contributed by atoms with Crippen LogP contribution >= 0.6 is 0 Å². The summed E-state index contributed by atoms with van der Waals surface area (Å²) in [6, 6.07) is 4.20. The van der Waals surface area contributed by atoms with Crippen molar-refractivity contribution in [1.29, 1.82) is 0 Å². The van der Waals surface area contributed by atoms with Crippen LogP contribution in [0.5, 0.6) is 11.5 Å². The molecule has 1 unspecified atom stereocenters. The summed E-state index contributed by atoms with van der Waals surface area (Å²) in [6.45, 7) is 0.871. The number of phenolic OH excluding ortho intramolecular Hbond substituents is 2. The molecule has 0 radical (unpaired) electrons. The molecule has 0 bridgehead atoms. The van der Waals surface area contributed by atoms with Crippen molar-refractivity contribution < 1.29 is 18.6 Å². The Morgan fingerprint density at radius 2 is 2.11 bits per heavy atom. The maximum atomic E-state index is 11.9. The molecule has 2 rings (SSSR count). The summed E-state index contributed by atoms with van der Waals surface area (Å²) in [5.41, 5.74) is 0.526. The van der Waals surface area contributed by atoms with Crippen LogP contribution in [0.3, 0.4) is 0 Å². The Labute approximate surface area is 112 Å². The number of hydrogen-bond acceptors (Lipinski definition) is 5. The van der Waals surface area contributed by atoms with Crippen LogP contribution in [0, 0.1) is 0 Å². The Balaban J connectivity index is 2.05. The van der Waals surface area contributed by atoms with Gasteiger partial charge in [0.1, 0.15) is 0 Å². The first-order valence-corrected chi connectivity index (χ1v) is 7.84. The molecule has 0 aromatic heterocycles. The van der Waals surface area contributed by atoms with Gasteiger partial charge in [-0.3, -0.25) is 0 Å². The van der Waals surface area contributed by atoms with Crippen LogP contribution in [0.15, 0.2) is 23.6 Å². The molecule has 1 aromatic carbocycles. The smallest absolute Gasteiger partial charge is 0.173 e. The first kappa shape index (κ1) is 13.9. The van der Waals surface area contributed by atoms with Gasteiger partial charge in [-0.05, 0) is 43.2 Å². The van der Waals surface area contributed by atoms with Crippen LogP contribution in [0.1, 0.15) is 18.4 Å². The van der Waals surface area contributed by atoms with Gasteiger partial charge < -0.3 is 15.5 Å². The molecule has 104 valence electrons. The predicted molar refractivity (Wildman–Crippen MR) is 73.6 cm³/mol. The Hall–Kier alpha value is -1.53. The van der Waals surface area contributed by atoms with Gasteiger partial charge in [-0.2, -0.15) is 0 Å². The van der Waals surface area contributed by atoms with Crippen LogP contribution in [0.25, 0.3) is 6.08 Å². The van der Waals surface area contributed by atoms with E-state index in [2.05, 4.69) is 5.32 Å². The fourth-order valence-corrected chi connectivity index (χ4v) is 3.38. The summed E-state index contributed by atoms with van der Waals surface area (Å²) in [6.07, 6.45) is 3.31. The monoisotopic (exact) mass is 283 g/mol. The zero-order valence-corrected chi connectivity index (χ0v) is 11.2. The van der Waals surface area contributed by atoms with Crippen molar-refractivity contribution >= 4 is 15.9 Å². The van der Waals surface area contributed by atoms with Gasteiger partial charge >= 0.3 is 0 Å². The number of phenols is 2. The number of benzene rings is 1. The van der Waals surface area contributed by atoms with Crippen molar-refractivity contribution in [3.63, 3.8) is 0 Å². The molecule has 1 aromatic rings. The molecule has 0 spiro atoms. The first-order chi connectivity index (χ1) is 8.96. The largest absolute Gasteiger partial charge is 0.504 e. The van der Waals surface area contributed by atoms with Crippen molar-refractivity contribution in [2.75, 3.05) is 12.3 Å². The summed E-state index contributed by atoms with van der Waals surface area (Å²) < 4.78 is 23.7. The van der Waals surface area contributed by atoms with Crippen LogP contribution < -0.4 is 5.32 Å². The summed E-state index contributed by atoms with van der Waals surface area (Å²) in [5, 5.41) is 22.8. The fraction of sp³-hybridized carbons (Fsp3) is 0.385. The molecule has 6 heteroatoms. The Kier molecular flexibility index (Phi) is 4.11. The molecule has 1 aliphatic rings. The van der Waals surface area contributed by atoms with Gasteiger partial charge in [0, 0.05) is 11.4 Å². The minimum Gasteiger partial charge on any atom is -0.504 e. The summed E-state index contributed by atoms with van der Waals surface area (Å²) in [4.78, 5) is 0. The number of rotatable bonds is 4. The third-order valence-corrected chi connectivity index (χ3v) is 4.48. The third-order valence-electron chi connectivity index (χ3n) is 3.06. The van der Waals surface area contributed by atoms with Gasteiger partial charge in [-0.1, -0.05) is 6.07 Å². The number of nitrogens with one attached hydrogen (secondary N) is 1. The Morgan fingerprint density at radius 3 is 2.74 bits per heavy atom. The maximum absolute atomic E-state index is 11.9. The fourth-order valence-electron chi connectivity index (χ4n) is 2.06. The van der Waals surface area contributed by atoms with Crippen molar-refractivity contribution in [1.82, 2.24) is 5.32 Å². The van der Waals surface area contributed by atoms with E-state index in [1.54, 1.807) is 0 Å². The Morgan fingerprint density at radius 1 is 1.32 bits per heavy atom. The number of sulfone groups is 1. The first-order valence-electron chi connectivity index (χ1n) is 6.12. The van der Waals surface area contributed by atoms with Gasteiger partial charge in [-0.15, -0.1) is 0 Å². The van der Waals surface area contributed by atoms with E-state index >= 15 is 0 Å². The molecule has 0 aliphatic carbocycles. The highest BCUT2D eigenvalue weighted by Crippen LogP contribution is 2.25. The second-order valence-corrected chi connectivity index (χ2v) is 6.60. The average molecular weight is 283 g/mol. The van der Waals surface area contributed by atoms with Crippen LogP contribution in [0.2, 0.25) is 0 Å². The second kappa shape index (κ2) is 5.63. The lowest BCUT2D eigenvalue weighted by Gasteiger charge is -2.07. The van der Waals surface area contributed by atoms with Crippen molar-refractivity contribution in [2.24, 2.45) is 0 Å². The van der Waals surface area contributed by atoms with E-state index in [0.717, 1.165) is 24.8 Å². The van der Waals surface area contributed by atoms with Gasteiger partial charge in [0.15, 0.2) is 21.3 Å². The molecule has 1 aliphatic heterocycles. The maximum Gasteiger partial charge on any atom is 0.173 e. The minimum absolute atomic E-state index is 0.0304. The number of aromatic hydroxyl groups is 2. The summed E-state index contributed by atoms with van der Waals surface area (Å²) in [5.74, 6) is -0.403. The van der Waals surface area contributed by atoms with Crippen molar-refractivity contribution in [3.05, 3.63) is 29.2 Å². The highest BCUT2D eigenvalue weighted by Gasteiger charge is 2.20. The predicted octanol–water partition coefficient (Wildman–Crippen LogP) is 1.24. The quantitative estimate of drug-likeness (QED) is 0.724. The molecular weight excluding hydrogens is 266 g/mol. The molecule has 1 heterocycles. The van der Waals surface area contributed by atoms with Crippen molar-refractivity contribution in [2.45, 2.75) is 18.9 Å².